The zero-order valence-corrected chi connectivity index (χ0v) is 16.6. The summed E-state index contributed by atoms with van der Waals surface area (Å²) < 4.78 is 37.1. The molecule has 0 amide bonds. The SMILES string of the molecule is CN(C)S(=O)(=O)c1cccc(NC(=S)NC[C@H]2COc3ccccc3O2)c1. The van der Waals surface area contributed by atoms with E-state index in [1.807, 2.05) is 24.3 Å². The Kier molecular flexibility index (Phi) is 5.83. The Morgan fingerprint density at radius 2 is 1.93 bits per heavy atom. The largest absolute Gasteiger partial charge is 0.486 e. The summed E-state index contributed by atoms with van der Waals surface area (Å²) in [5.41, 5.74) is 0.585. The van der Waals surface area contributed by atoms with Crippen LogP contribution >= 0.6 is 12.2 Å². The zero-order chi connectivity index (χ0) is 19.4. The topological polar surface area (TPSA) is 79.9 Å². The number of nitrogens with zero attached hydrogens (tertiary/aromatic N) is 1. The van der Waals surface area contributed by atoms with Crippen molar-refractivity contribution in [2.24, 2.45) is 0 Å². The highest BCUT2D eigenvalue weighted by Crippen LogP contribution is 2.30. The fourth-order valence-electron chi connectivity index (χ4n) is 2.49. The van der Waals surface area contributed by atoms with Crippen molar-refractivity contribution in [1.29, 1.82) is 0 Å². The number of fused-ring (bicyclic) bond motifs is 1. The molecule has 0 radical (unpaired) electrons. The average molecular weight is 408 g/mol. The minimum atomic E-state index is -3.50. The average Bonchev–Trinajstić information content (AvgIpc) is 2.66. The number of rotatable bonds is 5. The van der Waals surface area contributed by atoms with Crippen molar-refractivity contribution in [3.8, 4) is 11.5 Å². The Bertz CT molecular complexity index is 932. The highest BCUT2D eigenvalue weighted by molar-refractivity contribution is 7.89. The standard InChI is InChI=1S/C18H21N3O4S2/c1-21(2)27(22,23)15-7-5-6-13(10-15)20-18(26)19-11-14-12-24-16-8-3-4-9-17(16)25-14/h3-10,14H,11-12H2,1-2H3,(H2,19,20,26)/t14-/m0/s1. The lowest BCUT2D eigenvalue weighted by molar-refractivity contribution is 0.0939. The van der Waals surface area contributed by atoms with Gasteiger partial charge >= 0.3 is 0 Å². The molecule has 1 aliphatic rings. The highest BCUT2D eigenvalue weighted by Gasteiger charge is 2.21. The number of nitrogens with one attached hydrogen (secondary N) is 2. The molecule has 27 heavy (non-hydrogen) atoms. The Balaban J connectivity index is 1.56. The van der Waals surface area contributed by atoms with Crippen molar-refractivity contribution in [1.82, 2.24) is 9.62 Å². The Morgan fingerprint density at radius 1 is 1.19 bits per heavy atom. The van der Waals surface area contributed by atoms with Gasteiger partial charge in [0, 0.05) is 19.8 Å². The van der Waals surface area contributed by atoms with Gasteiger partial charge in [0.2, 0.25) is 10.0 Å². The van der Waals surface area contributed by atoms with E-state index in [0.717, 1.165) is 5.75 Å². The first-order valence-corrected chi connectivity index (χ1v) is 10.2. The monoisotopic (exact) mass is 407 g/mol. The van der Waals surface area contributed by atoms with Crippen LogP contribution in [-0.2, 0) is 10.0 Å². The molecule has 0 saturated carbocycles. The van der Waals surface area contributed by atoms with Gasteiger partial charge in [0.25, 0.3) is 0 Å². The molecule has 2 aromatic rings. The van der Waals surface area contributed by atoms with Crippen LogP contribution in [0.15, 0.2) is 53.4 Å². The summed E-state index contributed by atoms with van der Waals surface area (Å²) in [5, 5.41) is 6.43. The van der Waals surface area contributed by atoms with Gasteiger partial charge in [-0.15, -0.1) is 0 Å². The molecule has 1 atom stereocenters. The molecule has 0 fully saturated rings. The van der Waals surface area contributed by atoms with Gasteiger partial charge in [0.15, 0.2) is 16.6 Å². The number of benzene rings is 2. The van der Waals surface area contributed by atoms with Crippen LogP contribution in [0.4, 0.5) is 5.69 Å². The first-order chi connectivity index (χ1) is 12.9. The van der Waals surface area contributed by atoms with E-state index in [1.165, 1.54) is 18.4 Å². The fourth-order valence-corrected chi connectivity index (χ4v) is 3.64. The second-order valence-electron chi connectivity index (χ2n) is 6.15. The van der Waals surface area contributed by atoms with E-state index in [0.29, 0.717) is 29.7 Å². The molecule has 0 saturated heterocycles. The molecule has 0 aliphatic carbocycles. The summed E-state index contributed by atoms with van der Waals surface area (Å²) in [5.74, 6) is 1.43. The molecule has 9 heteroatoms. The van der Waals surface area contributed by atoms with Crippen molar-refractivity contribution in [2.75, 3.05) is 32.6 Å². The zero-order valence-electron chi connectivity index (χ0n) is 15.0. The summed E-state index contributed by atoms with van der Waals surface area (Å²) in [4.78, 5) is 0.195. The normalized spacial score (nSPS) is 16.0. The van der Waals surface area contributed by atoms with E-state index in [-0.39, 0.29) is 11.0 Å². The van der Waals surface area contributed by atoms with Gasteiger partial charge in [0.05, 0.1) is 11.4 Å². The number of thiocarbonyl (C=S) groups is 1. The Morgan fingerprint density at radius 3 is 2.67 bits per heavy atom. The van der Waals surface area contributed by atoms with Crippen LogP contribution in [0.25, 0.3) is 0 Å². The van der Waals surface area contributed by atoms with E-state index in [1.54, 1.807) is 24.3 Å². The number of para-hydroxylation sites is 2. The predicted octanol–water partition coefficient (Wildman–Crippen LogP) is 2.06. The maximum Gasteiger partial charge on any atom is 0.242 e. The van der Waals surface area contributed by atoms with Crippen molar-refractivity contribution in [3.05, 3.63) is 48.5 Å². The first-order valence-electron chi connectivity index (χ1n) is 8.32. The molecule has 1 aliphatic heterocycles. The summed E-state index contributed by atoms with van der Waals surface area (Å²) in [6.45, 7) is 0.874. The van der Waals surface area contributed by atoms with Crippen LogP contribution in [0.3, 0.4) is 0 Å². The number of sulfonamides is 1. The van der Waals surface area contributed by atoms with Crippen LogP contribution < -0.4 is 20.1 Å². The van der Waals surface area contributed by atoms with Crippen molar-refractivity contribution >= 4 is 33.0 Å². The maximum atomic E-state index is 12.2. The molecule has 0 unspecified atom stereocenters. The van der Waals surface area contributed by atoms with Crippen LogP contribution in [0.1, 0.15) is 0 Å². The smallest absolute Gasteiger partial charge is 0.242 e. The molecule has 0 bridgehead atoms. The van der Waals surface area contributed by atoms with Gasteiger partial charge in [-0.25, -0.2) is 12.7 Å². The molecule has 2 N–H and O–H groups in total. The van der Waals surface area contributed by atoms with Crippen molar-refractivity contribution < 1.29 is 17.9 Å². The van der Waals surface area contributed by atoms with E-state index in [2.05, 4.69) is 10.6 Å². The summed E-state index contributed by atoms with van der Waals surface area (Å²) >= 11 is 5.29. The quantitative estimate of drug-likeness (QED) is 0.735. The Hall–Kier alpha value is -2.36. The van der Waals surface area contributed by atoms with Crippen LogP contribution in [-0.4, -0.2) is 51.2 Å². The van der Waals surface area contributed by atoms with E-state index >= 15 is 0 Å². The summed E-state index contributed by atoms with van der Waals surface area (Å²) in [6, 6.07) is 14.0. The summed E-state index contributed by atoms with van der Waals surface area (Å²) in [7, 11) is -0.516. The van der Waals surface area contributed by atoms with Crippen LogP contribution in [0, 0.1) is 0 Å². The third-order valence-electron chi connectivity index (χ3n) is 3.93. The van der Waals surface area contributed by atoms with Gasteiger partial charge in [-0.05, 0) is 42.5 Å². The fraction of sp³-hybridized carbons (Fsp3) is 0.278. The molecule has 7 nitrogen and oxygen atoms in total. The third kappa shape index (κ3) is 4.68. The Labute approximate surface area is 164 Å². The third-order valence-corrected chi connectivity index (χ3v) is 5.99. The molecule has 0 aromatic heterocycles. The lowest BCUT2D eigenvalue weighted by atomic mass is 10.2. The van der Waals surface area contributed by atoms with Crippen molar-refractivity contribution in [2.45, 2.75) is 11.0 Å². The number of anilines is 1. The van der Waals surface area contributed by atoms with Gasteiger partial charge in [-0.2, -0.15) is 0 Å². The molecular formula is C18H21N3O4S2. The number of hydrogen-bond donors (Lipinski definition) is 2. The predicted molar refractivity (Wildman–Crippen MR) is 108 cm³/mol. The lowest BCUT2D eigenvalue weighted by Gasteiger charge is -2.27. The first kappa shape index (κ1) is 19.4. The van der Waals surface area contributed by atoms with E-state index in [9.17, 15) is 8.42 Å². The van der Waals surface area contributed by atoms with Crippen LogP contribution in [0.2, 0.25) is 0 Å². The van der Waals surface area contributed by atoms with Crippen molar-refractivity contribution in [3.63, 3.8) is 0 Å². The molecule has 2 aromatic carbocycles. The van der Waals surface area contributed by atoms with Gasteiger partial charge < -0.3 is 20.1 Å². The van der Waals surface area contributed by atoms with E-state index < -0.39 is 10.0 Å². The molecular weight excluding hydrogens is 386 g/mol. The van der Waals surface area contributed by atoms with Crippen LogP contribution in [0.5, 0.6) is 11.5 Å². The second-order valence-corrected chi connectivity index (χ2v) is 8.71. The molecule has 1 heterocycles. The van der Waals surface area contributed by atoms with E-state index in [4.69, 9.17) is 21.7 Å². The van der Waals surface area contributed by atoms with Gasteiger partial charge in [-0.1, -0.05) is 18.2 Å². The molecule has 0 spiro atoms. The lowest BCUT2D eigenvalue weighted by Crippen LogP contribution is -2.42. The second kappa shape index (κ2) is 8.12. The minimum absolute atomic E-state index is 0.180. The number of ether oxygens (including phenoxy) is 2. The highest BCUT2D eigenvalue weighted by atomic mass is 32.2. The molecule has 3 rings (SSSR count). The summed E-state index contributed by atoms with van der Waals surface area (Å²) in [6.07, 6.45) is -0.180. The molecule has 144 valence electrons. The maximum absolute atomic E-state index is 12.2. The minimum Gasteiger partial charge on any atom is -0.486 e. The number of hydrogen-bond acceptors (Lipinski definition) is 5. The van der Waals surface area contributed by atoms with Gasteiger partial charge in [0.1, 0.15) is 12.7 Å². The van der Waals surface area contributed by atoms with Gasteiger partial charge in [-0.3, -0.25) is 0 Å².